The number of thioether (sulfide) groups is 1. The molecule has 0 radical (unpaired) electrons. The Bertz CT molecular complexity index is 763. The Morgan fingerprint density at radius 2 is 1.95 bits per heavy atom. The fourth-order valence-corrected chi connectivity index (χ4v) is 3.46. The van der Waals surface area contributed by atoms with E-state index >= 15 is 0 Å². The molecule has 0 spiro atoms. The lowest BCUT2D eigenvalue weighted by atomic mass is 10.2. The molecule has 0 bridgehead atoms. The number of rotatable bonds is 3. The first-order valence-corrected chi connectivity index (χ1v) is 7.86. The molecule has 1 saturated heterocycles. The second kappa shape index (κ2) is 5.98. The van der Waals surface area contributed by atoms with Crippen LogP contribution < -0.4 is 9.64 Å². The number of benzene rings is 1. The van der Waals surface area contributed by atoms with E-state index in [1.165, 1.54) is 11.8 Å². The highest BCUT2D eigenvalue weighted by molar-refractivity contribution is 8.27. The first kappa shape index (κ1) is 14.9. The lowest BCUT2D eigenvalue weighted by Gasteiger charge is -2.14. The number of anilines is 1. The number of nitrogens with zero attached hydrogens (tertiary/aromatic N) is 2. The molecular weight excluding hydrogens is 316 g/mol. The molecule has 0 aliphatic carbocycles. The standard InChI is InChI=1S/C16H14N2O2S2/c1-17-9-3-4-12(17)10-14-15(19)18(16(21)22-14)11-5-7-13(20-2)8-6-11/h3-10H,1-2H3/b14-10-. The van der Waals surface area contributed by atoms with Crippen molar-refractivity contribution in [1.29, 1.82) is 0 Å². The highest BCUT2D eigenvalue weighted by Crippen LogP contribution is 2.36. The predicted octanol–water partition coefficient (Wildman–Crippen LogP) is 3.44. The Labute approximate surface area is 138 Å². The number of carbonyl (C=O) groups is 1. The number of aryl methyl sites for hydroxylation is 1. The zero-order chi connectivity index (χ0) is 15.7. The third-order valence-electron chi connectivity index (χ3n) is 3.39. The van der Waals surface area contributed by atoms with Gasteiger partial charge >= 0.3 is 0 Å². The monoisotopic (exact) mass is 330 g/mol. The minimum Gasteiger partial charge on any atom is -0.497 e. The van der Waals surface area contributed by atoms with Gasteiger partial charge in [0.15, 0.2) is 4.32 Å². The van der Waals surface area contributed by atoms with Gasteiger partial charge in [-0.15, -0.1) is 0 Å². The van der Waals surface area contributed by atoms with E-state index in [2.05, 4.69) is 0 Å². The summed E-state index contributed by atoms with van der Waals surface area (Å²) in [6.07, 6.45) is 3.80. The fourth-order valence-electron chi connectivity index (χ4n) is 2.18. The number of thiocarbonyl (C=S) groups is 1. The summed E-state index contributed by atoms with van der Waals surface area (Å²) in [6.45, 7) is 0. The number of hydrogen-bond acceptors (Lipinski definition) is 4. The smallest absolute Gasteiger partial charge is 0.270 e. The molecular formula is C16H14N2O2S2. The SMILES string of the molecule is COc1ccc(N2C(=O)/C(=C/c3cccn3C)SC2=S)cc1. The van der Waals surface area contributed by atoms with Gasteiger partial charge in [0, 0.05) is 18.9 Å². The number of aromatic nitrogens is 1. The van der Waals surface area contributed by atoms with Crippen LogP contribution in [0.25, 0.3) is 6.08 Å². The van der Waals surface area contributed by atoms with Crippen LogP contribution in [0, 0.1) is 0 Å². The molecule has 1 aliphatic heterocycles. The van der Waals surface area contributed by atoms with Crippen molar-refractivity contribution < 1.29 is 9.53 Å². The summed E-state index contributed by atoms with van der Waals surface area (Å²) in [5.74, 6) is 0.648. The van der Waals surface area contributed by atoms with Crippen molar-refractivity contribution in [3.8, 4) is 5.75 Å². The lowest BCUT2D eigenvalue weighted by molar-refractivity contribution is -0.113. The number of methoxy groups -OCH3 is 1. The highest BCUT2D eigenvalue weighted by atomic mass is 32.2. The van der Waals surface area contributed by atoms with Crippen LogP contribution in [0.1, 0.15) is 5.69 Å². The molecule has 1 aromatic heterocycles. The molecule has 2 heterocycles. The highest BCUT2D eigenvalue weighted by Gasteiger charge is 2.33. The Balaban J connectivity index is 1.91. The van der Waals surface area contributed by atoms with Gasteiger partial charge in [-0.3, -0.25) is 9.69 Å². The van der Waals surface area contributed by atoms with E-state index in [0.717, 1.165) is 17.1 Å². The van der Waals surface area contributed by atoms with Crippen LogP contribution in [0.5, 0.6) is 5.75 Å². The summed E-state index contributed by atoms with van der Waals surface area (Å²) >= 11 is 6.67. The molecule has 1 aliphatic rings. The van der Waals surface area contributed by atoms with Crippen molar-refractivity contribution in [3.05, 3.63) is 53.2 Å². The Morgan fingerprint density at radius 1 is 1.23 bits per heavy atom. The van der Waals surface area contributed by atoms with Crippen LogP contribution >= 0.6 is 24.0 Å². The van der Waals surface area contributed by atoms with Crippen LogP contribution in [-0.4, -0.2) is 21.9 Å². The summed E-state index contributed by atoms with van der Waals surface area (Å²) in [5, 5.41) is 0. The van der Waals surface area contributed by atoms with Gasteiger partial charge in [0.25, 0.3) is 5.91 Å². The molecule has 22 heavy (non-hydrogen) atoms. The maximum Gasteiger partial charge on any atom is 0.270 e. The molecule has 2 aromatic rings. The van der Waals surface area contributed by atoms with E-state index in [1.54, 1.807) is 12.0 Å². The average Bonchev–Trinajstić information content (AvgIpc) is 3.04. The van der Waals surface area contributed by atoms with Gasteiger partial charge in [0.2, 0.25) is 0 Å². The van der Waals surface area contributed by atoms with Crippen LogP contribution in [0.2, 0.25) is 0 Å². The van der Waals surface area contributed by atoms with Gasteiger partial charge in [-0.2, -0.15) is 0 Å². The molecule has 1 fully saturated rings. The van der Waals surface area contributed by atoms with Crippen LogP contribution in [0.4, 0.5) is 5.69 Å². The molecule has 0 N–H and O–H groups in total. The Hall–Kier alpha value is -2.05. The Kier molecular flexibility index (Phi) is 4.04. The first-order chi connectivity index (χ1) is 10.6. The largest absolute Gasteiger partial charge is 0.497 e. The fraction of sp³-hybridized carbons (Fsp3) is 0.125. The third-order valence-corrected chi connectivity index (χ3v) is 4.69. The minimum atomic E-state index is -0.0960. The third kappa shape index (κ3) is 2.67. The summed E-state index contributed by atoms with van der Waals surface area (Å²) in [6, 6.07) is 11.2. The topological polar surface area (TPSA) is 34.5 Å². The van der Waals surface area contributed by atoms with Crippen molar-refractivity contribution >= 4 is 46.0 Å². The van der Waals surface area contributed by atoms with E-state index in [4.69, 9.17) is 17.0 Å². The van der Waals surface area contributed by atoms with Gasteiger partial charge in [0.1, 0.15) is 5.75 Å². The summed E-state index contributed by atoms with van der Waals surface area (Å²) in [4.78, 5) is 14.8. The zero-order valence-corrected chi connectivity index (χ0v) is 13.8. The van der Waals surface area contributed by atoms with E-state index in [0.29, 0.717) is 9.23 Å². The number of carbonyl (C=O) groups excluding carboxylic acids is 1. The van der Waals surface area contributed by atoms with E-state index in [1.807, 2.05) is 60.3 Å². The summed E-state index contributed by atoms with van der Waals surface area (Å²) < 4.78 is 7.63. The molecule has 112 valence electrons. The van der Waals surface area contributed by atoms with E-state index in [9.17, 15) is 4.79 Å². The van der Waals surface area contributed by atoms with Crippen LogP contribution in [0.15, 0.2) is 47.5 Å². The van der Waals surface area contributed by atoms with E-state index in [-0.39, 0.29) is 5.91 Å². The number of hydrogen-bond donors (Lipinski definition) is 0. The average molecular weight is 330 g/mol. The van der Waals surface area contributed by atoms with Crippen LogP contribution in [-0.2, 0) is 11.8 Å². The van der Waals surface area contributed by atoms with Gasteiger partial charge in [-0.25, -0.2) is 0 Å². The lowest BCUT2D eigenvalue weighted by Crippen LogP contribution is -2.27. The van der Waals surface area contributed by atoms with Gasteiger partial charge < -0.3 is 9.30 Å². The van der Waals surface area contributed by atoms with Crippen LogP contribution in [0.3, 0.4) is 0 Å². The van der Waals surface area contributed by atoms with Crippen molar-refractivity contribution in [2.75, 3.05) is 12.0 Å². The van der Waals surface area contributed by atoms with Gasteiger partial charge in [-0.1, -0.05) is 24.0 Å². The summed E-state index contributed by atoms with van der Waals surface area (Å²) in [5.41, 5.74) is 1.72. The second-order valence-corrected chi connectivity index (χ2v) is 6.43. The maximum atomic E-state index is 12.6. The molecule has 4 nitrogen and oxygen atoms in total. The number of amides is 1. The molecule has 0 atom stereocenters. The van der Waals surface area contributed by atoms with Crippen molar-refractivity contribution in [1.82, 2.24) is 4.57 Å². The molecule has 1 aromatic carbocycles. The molecule has 0 saturated carbocycles. The second-order valence-electron chi connectivity index (χ2n) is 4.76. The number of ether oxygens (including phenoxy) is 1. The van der Waals surface area contributed by atoms with Gasteiger partial charge in [-0.05, 0) is 42.5 Å². The predicted molar refractivity (Wildman–Crippen MR) is 94.1 cm³/mol. The molecule has 1 amide bonds. The Morgan fingerprint density at radius 3 is 2.55 bits per heavy atom. The van der Waals surface area contributed by atoms with Gasteiger partial charge in [0.05, 0.1) is 17.7 Å². The van der Waals surface area contributed by atoms with Crippen molar-refractivity contribution in [2.45, 2.75) is 0 Å². The van der Waals surface area contributed by atoms with Crippen molar-refractivity contribution in [3.63, 3.8) is 0 Å². The zero-order valence-electron chi connectivity index (χ0n) is 12.1. The van der Waals surface area contributed by atoms with Crippen molar-refractivity contribution in [2.24, 2.45) is 7.05 Å². The quantitative estimate of drug-likeness (QED) is 0.638. The minimum absolute atomic E-state index is 0.0960. The molecule has 6 heteroatoms. The molecule has 0 unspecified atom stereocenters. The maximum absolute atomic E-state index is 12.6. The summed E-state index contributed by atoms with van der Waals surface area (Å²) in [7, 11) is 3.55. The molecule has 3 rings (SSSR count). The van der Waals surface area contributed by atoms with E-state index < -0.39 is 0 Å². The normalized spacial score (nSPS) is 16.6. The first-order valence-electron chi connectivity index (χ1n) is 6.63.